The molecule has 6 heteroatoms. The van der Waals surface area contributed by atoms with Crippen molar-refractivity contribution < 1.29 is 9.13 Å². The summed E-state index contributed by atoms with van der Waals surface area (Å²) in [5.41, 5.74) is -1.07. The van der Waals surface area contributed by atoms with Crippen molar-refractivity contribution in [2.45, 2.75) is 12.1 Å². The fourth-order valence-electron chi connectivity index (χ4n) is 1.98. The number of hydrogen-bond donors (Lipinski definition) is 1. The van der Waals surface area contributed by atoms with Crippen molar-refractivity contribution in [3.05, 3.63) is 0 Å². The van der Waals surface area contributed by atoms with Crippen LogP contribution >= 0.6 is 24.8 Å². The summed E-state index contributed by atoms with van der Waals surface area (Å²) < 4.78 is 19.0. The minimum atomic E-state index is -1.07. The topological polar surface area (TPSA) is 24.5 Å². The Bertz CT molecular complexity index is 173. The minimum absolute atomic E-state index is 0. The molecule has 0 saturated carbocycles. The first-order valence-electron chi connectivity index (χ1n) is 4.98. The van der Waals surface area contributed by atoms with E-state index in [1.807, 2.05) is 0 Å². The van der Waals surface area contributed by atoms with Gasteiger partial charge < -0.3 is 10.1 Å². The number of hydrogen-bond acceptors (Lipinski definition) is 3. The normalized spacial score (nSPS) is 31.8. The third-order valence-corrected chi connectivity index (χ3v) is 2.77. The Balaban J connectivity index is 0.000000980. The van der Waals surface area contributed by atoms with Crippen molar-refractivity contribution in [2.75, 3.05) is 45.9 Å². The highest BCUT2D eigenvalue weighted by atomic mass is 35.5. The molecule has 0 spiro atoms. The lowest BCUT2D eigenvalue weighted by Crippen LogP contribution is -2.49. The molecule has 15 heavy (non-hydrogen) atoms. The lowest BCUT2D eigenvalue weighted by Gasteiger charge is -2.31. The first-order valence-corrected chi connectivity index (χ1v) is 4.98. The minimum Gasteiger partial charge on any atom is -0.378 e. The molecule has 2 heterocycles. The molecule has 3 nitrogen and oxygen atoms in total. The summed E-state index contributed by atoms with van der Waals surface area (Å²) >= 11 is 0. The number of nitrogens with one attached hydrogen (secondary N) is 1. The molecule has 0 bridgehead atoms. The second-order valence-corrected chi connectivity index (χ2v) is 3.98. The SMILES string of the molecule is Cl.Cl.FC1(CN2CCNCC2)CCOC1. The van der Waals surface area contributed by atoms with Crippen molar-refractivity contribution in [3.8, 4) is 0 Å². The number of ether oxygens (including phenoxy) is 1. The molecule has 92 valence electrons. The zero-order valence-electron chi connectivity index (χ0n) is 8.71. The van der Waals surface area contributed by atoms with Gasteiger partial charge in [0.25, 0.3) is 0 Å². The molecule has 0 aliphatic carbocycles. The zero-order chi connectivity index (χ0) is 9.15. The molecular formula is C9H19Cl2FN2O. The molecule has 2 fully saturated rings. The predicted octanol–water partition coefficient (Wildman–Crippen LogP) is 0.864. The van der Waals surface area contributed by atoms with Crippen LogP contribution in [0.2, 0.25) is 0 Å². The average molecular weight is 261 g/mol. The van der Waals surface area contributed by atoms with Gasteiger partial charge in [-0.05, 0) is 0 Å². The summed E-state index contributed by atoms with van der Waals surface area (Å²) in [6.07, 6.45) is 0.566. The van der Waals surface area contributed by atoms with E-state index in [0.29, 0.717) is 19.6 Å². The fourth-order valence-corrected chi connectivity index (χ4v) is 1.98. The lowest BCUT2D eigenvalue weighted by molar-refractivity contribution is 0.0659. The Morgan fingerprint density at radius 1 is 1.27 bits per heavy atom. The van der Waals surface area contributed by atoms with E-state index < -0.39 is 5.67 Å². The molecule has 2 aliphatic rings. The summed E-state index contributed by atoms with van der Waals surface area (Å²) in [4.78, 5) is 2.19. The summed E-state index contributed by atoms with van der Waals surface area (Å²) in [5.74, 6) is 0. The van der Waals surface area contributed by atoms with Gasteiger partial charge >= 0.3 is 0 Å². The average Bonchev–Trinajstić information content (AvgIpc) is 2.54. The number of nitrogens with zero attached hydrogens (tertiary/aromatic N) is 1. The molecule has 2 aliphatic heterocycles. The van der Waals surface area contributed by atoms with Gasteiger partial charge in [0.15, 0.2) is 0 Å². The largest absolute Gasteiger partial charge is 0.378 e. The number of halogens is 3. The maximum Gasteiger partial charge on any atom is 0.148 e. The van der Waals surface area contributed by atoms with E-state index in [1.54, 1.807) is 0 Å². The van der Waals surface area contributed by atoms with E-state index in [1.165, 1.54) is 0 Å². The van der Waals surface area contributed by atoms with E-state index in [-0.39, 0.29) is 31.4 Å². The van der Waals surface area contributed by atoms with E-state index in [9.17, 15) is 4.39 Å². The van der Waals surface area contributed by atoms with Crippen molar-refractivity contribution in [1.82, 2.24) is 10.2 Å². The number of piperazine rings is 1. The van der Waals surface area contributed by atoms with Crippen LogP contribution in [-0.4, -0.2) is 56.5 Å². The Labute approximate surface area is 103 Å². The summed E-state index contributed by atoms with van der Waals surface area (Å²) in [7, 11) is 0. The Morgan fingerprint density at radius 3 is 2.47 bits per heavy atom. The third-order valence-electron chi connectivity index (χ3n) is 2.77. The van der Waals surface area contributed by atoms with Crippen LogP contribution in [0.25, 0.3) is 0 Å². The molecule has 1 N–H and O–H groups in total. The van der Waals surface area contributed by atoms with Gasteiger partial charge in [0, 0.05) is 45.8 Å². The smallest absolute Gasteiger partial charge is 0.148 e. The van der Waals surface area contributed by atoms with Crippen LogP contribution in [0.1, 0.15) is 6.42 Å². The van der Waals surface area contributed by atoms with Crippen LogP contribution in [0, 0.1) is 0 Å². The highest BCUT2D eigenvalue weighted by molar-refractivity contribution is 5.85. The van der Waals surface area contributed by atoms with Crippen molar-refractivity contribution in [2.24, 2.45) is 0 Å². The number of rotatable bonds is 2. The van der Waals surface area contributed by atoms with E-state index in [2.05, 4.69) is 10.2 Å². The van der Waals surface area contributed by atoms with E-state index >= 15 is 0 Å². The van der Waals surface area contributed by atoms with Crippen molar-refractivity contribution in [1.29, 1.82) is 0 Å². The predicted molar refractivity (Wildman–Crippen MR) is 63.1 cm³/mol. The monoisotopic (exact) mass is 260 g/mol. The van der Waals surface area contributed by atoms with Crippen LogP contribution in [0.4, 0.5) is 4.39 Å². The van der Waals surface area contributed by atoms with Crippen LogP contribution in [0.3, 0.4) is 0 Å². The van der Waals surface area contributed by atoms with Gasteiger partial charge in [0.05, 0.1) is 6.61 Å². The van der Waals surface area contributed by atoms with Crippen molar-refractivity contribution >= 4 is 24.8 Å². The second kappa shape index (κ2) is 6.86. The molecule has 1 unspecified atom stereocenters. The van der Waals surface area contributed by atoms with E-state index in [4.69, 9.17) is 4.74 Å². The molecule has 0 aromatic rings. The summed E-state index contributed by atoms with van der Waals surface area (Å²) in [6, 6.07) is 0. The Hall–Kier alpha value is 0.390. The molecular weight excluding hydrogens is 242 g/mol. The standard InChI is InChI=1S/C9H17FN2O.2ClH/c10-9(1-6-13-8-9)7-12-4-2-11-3-5-12;;/h11H,1-8H2;2*1H. The molecule has 1 atom stereocenters. The zero-order valence-corrected chi connectivity index (χ0v) is 10.3. The number of alkyl halides is 1. The molecule has 0 aromatic heterocycles. The Morgan fingerprint density at radius 2 is 1.93 bits per heavy atom. The van der Waals surface area contributed by atoms with Gasteiger partial charge in [0.2, 0.25) is 0 Å². The van der Waals surface area contributed by atoms with Crippen LogP contribution < -0.4 is 5.32 Å². The summed E-state index contributed by atoms with van der Waals surface area (Å²) in [5, 5.41) is 3.26. The van der Waals surface area contributed by atoms with Gasteiger partial charge in [-0.25, -0.2) is 4.39 Å². The van der Waals surface area contributed by atoms with Crippen LogP contribution in [0.5, 0.6) is 0 Å². The van der Waals surface area contributed by atoms with Gasteiger partial charge in [0.1, 0.15) is 5.67 Å². The van der Waals surface area contributed by atoms with Crippen LogP contribution in [-0.2, 0) is 4.74 Å². The first-order chi connectivity index (χ1) is 6.29. The molecule has 0 radical (unpaired) electrons. The maximum absolute atomic E-state index is 13.9. The lowest BCUT2D eigenvalue weighted by atomic mass is 10.0. The highest BCUT2D eigenvalue weighted by Crippen LogP contribution is 2.24. The highest BCUT2D eigenvalue weighted by Gasteiger charge is 2.36. The first kappa shape index (κ1) is 15.4. The summed E-state index contributed by atoms with van der Waals surface area (Å²) in [6.45, 7) is 5.32. The van der Waals surface area contributed by atoms with Gasteiger partial charge in [-0.3, -0.25) is 4.90 Å². The molecule has 0 amide bonds. The molecule has 2 rings (SSSR count). The maximum atomic E-state index is 13.9. The fraction of sp³-hybridized carbons (Fsp3) is 1.00. The second-order valence-electron chi connectivity index (χ2n) is 3.98. The van der Waals surface area contributed by atoms with Gasteiger partial charge in [-0.15, -0.1) is 24.8 Å². The molecule has 2 saturated heterocycles. The van der Waals surface area contributed by atoms with Gasteiger partial charge in [-0.2, -0.15) is 0 Å². The van der Waals surface area contributed by atoms with Gasteiger partial charge in [-0.1, -0.05) is 0 Å². The van der Waals surface area contributed by atoms with E-state index in [0.717, 1.165) is 26.2 Å². The molecule has 0 aromatic carbocycles. The quantitative estimate of drug-likeness (QED) is 0.798. The Kier molecular flexibility index (Phi) is 7.04. The third kappa shape index (κ3) is 4.41. The van der Waals surface area contributed by atoms with Crippen LogP contribution in [0.15, 0.2) is 0 Å². The van der Waals surface area contributed by atoms with Crippen molar-refractivity contribution in [3.63, 3.8) is 0 Å².